The molecule has 3 atom stereocenters. The third kappa shape index (κ3) is 5.17. The van der Waals surface area contributed by atoms with Gasteiger partial charge in [-0.05, 0) is 48.5 Å². The van der Waals surface area contributed by atoms with Gasteiger partial charge in [0.1, 0.15) is 23.4 Å². The number of aromatic nitrogens is 1. The molecule has 1 fully saturated rings. The van der Waals surface area contributed by atoms with Crippen molar-refractivity contribution in [3.05, 3.63) is 104 Å². The maximum Gasteiger partial charge on any atom is 0.416 e. The average molecular weight is 644 g/mol. The van der Waals surface area contributed by atoms with Crippen molar-refractivity contribution in [3.63, 3.8) is 0 Å². The molecule has 0 bridgehead atoms. The number of hydrogen-bond acceptors (Lipinski definition) is 7. The number of thiazole rings is 1. The number of anilines is 2. The predicted molar refractivity (Wildman–Crippen MR) is 156 cm³/mol. The molecule has 44 heavy (non-hydrogen) atoms. The van der Waals surface area contributed by atoms with Gasteiger partial charge in [0.2, 0.25) is 17.7 Å². The van der Waals surface area contributed by atoms with Crippen LogP contribution in [0.5, 0.6) is 5.75 Å². The number of alkyl halides is 3. The van der Waals surface area contributed by atoms with E-state index in [9.17, 15) is 36.7 Å². The van der Waals surface area contributed by atoms with E-state index in [0.29, 0.717) is 21.2 Å². The van der Waals surface area contributed by atoms with Crippen molar-refractivity contribution >= 4 is 52.2 Å². The first kappa shape index (κ1) is 29.6. The van der Waals surface area contributed by atoms with E-state index in [2.05, 4.69) is 5.32 Å². The average Bonchev–Trinajstić information content (AvgIpc) is 3.43. The van der Waals surface area contributed by atoms with E-state index >= 15 is 0 Å². The molecule has 1 aromatic heterocycles. The Morgan fingerprint density at radius 2 is 1.70 bits per heavy atom. The Morgan fingerprint density at radius 3 is 2.41 bits per heavy atom. The number of amides is 3. The normalized spacial score (nSPS) is 19.5. The molecular formula is C30H21F4N3O5S2. The van der Waals surface area contributed by atoms with Gasteiger partial charge in [0.05, 0.1) is 29.3 Å². The quantitative estimate of drug-likeness (QED) is 0.220. The lowest BCUT2D eigenvalue weighted by atomic mass is 9.82. The Morgan fingerprint density at radius 1 is 0.977 bits per heavy atom. The predicted octanol–water partition coefficient (Wildman–Crippen LogP) is 5.51. The van der Waals surface area contributed by atoms with Crippen LogP contribution >= 0.6 is 23.1 Å². The highest BCUT2D eigenvalue weighted by Gasteiger charge is 2.57. The first-order chi connectivity index (χ1) is 21.0. The summed E-state index contributed by atoms with van der Waals surface area (Å²) in [6.07, 6.45) is -4.61. The molecule has 4 aromatic rings. The summed E-state index contributed by atoms with van der Waals surface area (Å²) in [5.74, 6) is -3.74. The zero-order valence-electron chi connectivity index (χ0n) is 22.6. The van der Waals surface area contributed by atoms with Crippen LogP contribution in [-0.2, 0) is 27.1 Å². The second-order valence-electron chi connectivity index (χ2n) is 10.0. The van der Waals surface area contributed by atoms with Gasteiger partial charge in [0.15, 0.2) is 0 Å². The molecule has 3 aromatic carbocycles. The number of halogens is 4. The smallest absolute Gasteiger partial charge is 0.416 e. The minimum Gasteiger partial charge on any atom is -0.496 e. The lowest BCUT2D eigenvalue weighted by molar-refractivity contribution is -0.137. The van der Waals surface area contributed by atoms with Gasteiger partial charge in [0, 0.05) is 22.0 Å². The van der Waals surface area contributed by atoms with Crippen LogP contribution in [0.25, 0.3) is 0 Å². The highest BCUT2D eigenvalue weighted by atomic mass is 32.2. The highest BCUT2D eigenvalue weighted by molar-refractivity contribution is 8.00. The molecule has 0 radical (unpaired) electrons. The number of carbonyl (C=O) groups excluding carboxylic acids is 3. The molecule has 0 saturated carbocycles. The maximum atomic E-state index is 13.9. The van der Waals surface area contributed by atoms with E-state index in [4.69, 9.17) is 4.74 Å². The summed E-state index contributed by atoms with van der Waals surface area (Å²) in [5.41, 5.74) is -0.309. The van der Waals surface area contributed by atoms with E-state index in [1.54, 1.807) is 24.3 Å². The van der Waals surface area contributed by atoms with E-state index in [1.807, 2.05) is 0 Å². The molecule has 6 rings (SSSR count). The number of benzene rings is 3. The van der Waals surface area contributed by atoms with Crippen molar-refractivity contribution < 1.29 is 36.7 Å². The van der Waals surface area contributed by atoms with E-state index in [-0.39, 0.29) is 11.4 Å². The molecule has 2 aliphatic heterocycles. The number of imide groups is 1. The summed E-state index contributed by atoms with van der Waals surface area (Å²) < 4.78 is 59.9. The largest absolute Gasteiger partial charge is 0.496 e. The molecule has 14 heteroatoms. The van der Waals surface area contributed by atoms with Crippen molar-refractivity contribution in [2.24, 2.45) is 5.92 Å². The summed E-state index contributed by atoms with van der Waals surface area (Å²) in [6, 6.07) is 15.9. The molecule has 8 nitrogen and oxygen atoms in total. The zero-order chi connectivity index (χ0) is 31.3. The minimum atomic E-state index is -4.61. The Bertz CT molecular complexity index is 1850. The molecule has 2 aliphatic rings. The van der Waals surface area contributed by atoms with Crippen LogP contribution in [0.1, 0.15) is 21.9 Å². The molecule has 1 N–H and O–H groups in total. The van der Waals surface area contributed by atoms with Gasteiger partial charge in [-0.1, -0.05) is 47.4 Å². The number of nitrogens with zero attached hydrogens (tertiary/aromatic N) is 2. The van der Waals surface area contributed by atoms with Crippen molar-refractivity contribution in [2.45, 2.75) is 28.9 Å². The SMILES string of the molecule is COc1ccccc1[C@@H]1c2sc(=O)n(CC(=O)Nc3cccc(C(F)(F)F)c3)c2S[C@H]2C(=O)N(c3ccc(F)cc3)C(=O)[C@@H]12. The number of hydrogen-bond donors (Lipinski definition) is 1. The van der Waals surface area contributed by atoms with Gasteiger partial charge < -0.3 is 10.1 Å². The van der Waals surface area contributed by atoms with E-state index in [0.717, 1.165) is 62.9 Å². The van der Waals surface area contributed by atoms with Crippen LogP contribution in [0, 0.1) is 11.7 Å². The first-order valence-electron chi connectivity index (χ1n) is 13.1. The van der Waals surface area contributed by atoms with Gasteiger partial charge in [-0.25, -0.2) is 9.29 Å². The second-order valence-corrected chi connectivity index (χ2v) is 12.1. The first-order valence-corrected chi connectivity index (χ1v) is 14.8. The Hall–Kier alpha value is -4.43. The monoisotopic (exact) mass is 643 g/mol. The van der Waals surface area contributed by atoms with Crippen LogP contribution in [0.15, 0.2) is 82.6 Å². The number of ether oxygens (including phenoxy) is 1. The molecule has 3 amide bonds. The summed E-state index contributed by atoms with van der Waals surface area (Å²) >= 11 is 1.79. The fraction of sp³-hybridized carbons (Fsp3) is 0.200. The summed E-state index contributed by atoms with van der Waals surface area (Å²) in [6.45, 7) is -0.548. The van der Waals surface area contributed by atoms with Crippen molar-refractivity contribution in [2.75, 3.05) is 17.3 Å². The Labute approximate surface area is 255 Å². The lowest BCUT2D eigenvalue weighted by Gasteiger charge is -2.31. The number of rotatable bonds is 6. The van der Waals surface area contributed by atoms with Gasteiger partial charge >= 0.3 is 11.0 Å². The number of methoxy groups -OCH3 is 1. The fourth-order valence-corrected chi connectivity index (χ4v) is 8.24. The topological polar surface area (TPSA) is 97.7 Å². The summed E-state index contributed by atoms with van der Waals surface area (Å²) in [4.78, 5) is 54.9. The second kappa shape index (κ2) is 11.2. The number of para-hydroxylation sites is 1. The maximum absolute atomic E-state index is 13.9. The van der Waals surface area contributed by atoms with Gasteiger partial charge in [0.25, 0.3) is 0 Å². The molecule has 3 heterocycles. The molecular weight excluding hydrogens is 622 g/mol. The van der Waals surface area contributed by atoms with Gasteiger partial charge in [-0.15, -0.1) is 0 Å². The lowest BCUT2D eigenvalue weighted by Crippen LogP contribution is -2.33. The van der Waals surface area contributed by atoms with Crippen LogP contribution in [-0.4, -0.2) is 34.6 Å². The summed E-state index contributed by atoms with van der Waals surface area (Å²) in [7, 11) is 1.45. The molecule has 0 spiro atoms. The Balaban J connectivity index is 1.40. The van der Waals surface area contributed by atoms with Gasteiger partial charge in [-0.2, -0.15) is 13.2 Å². The number of fused-ring (bicyclic) bond motifs is 2. The number of carbonyl (C=O) groups is 3. The van der Waals surface area contributed by atoms with Gasteiger partial charge in [-0.3, -0.25) is 23.7 Å². The van der Waals surface area contributed by atoms with Crippen LogP contribution in [0.4, 0.5) is 28.9 Å². The minimum absolute atomic E-state index is 0.104. The molecule has 1 saturated heterocycles. The van der Waals surface area contributed by atoms with E-state index < -0.39 is 63.8 Å². The molecule has 0 aliphatic carbocycles. The van der Waals surface area contributed by atoms with Crippen molar-refractivity contribution in [1.29, 1.82) is 0 Å². The Kier molecular flexibility index (Phi) is 7.58. The van der Waals surface area contributed by atoms with Crippen LogP contribution in [0.3, 0.4) is 0 Å². The summed E-state index contributed by atoms with van der Waals surface area (Å²) in [5, 5.41) is 1.69. The fourth-order valence-electron chi connectivity index (χ4n) is 5.48. The molecule has 226 valence electrons. The number of thioether (sulfide) groups is 1. The van der Waals surface area contributed by atoms with Crippen molar-refractivity contribution in [1.82, 2.24) is 4.57 Å². The third-order valence-corrected chi connectivity index (χ3v) is 9.99. The zero-order valence-corrected chi connectivity index (χ0v) is 24.3. The van der Waals surface area contributed by atoms with Crippen molar-refractivity contribution in [3.8, 4) is 5.75 Å². The van der Waals surface area contributed by atoms with E-state index in [1.165, 1.54) is 25.3 Å². The standard InChI is InChI=1S/C30H21F4N3O5S2/c1-42-20-8-3-2-7-19(20)22-23-24(27(40)37(26(23)39)18-11-9-16(31)10-12-18)43-28-25(22)44-29(41)36(28)14-21(38)35-17-6-4-5-15(13-17)30(32,33)34/h2-13,22-24H,14H2,1H3,(H,35,38)/t22-,23-,24+/m0/s1. The molecule has 0 unspecified atom stereocenters. The van der Waals surface area contributed by atoms with Crippen LogP contribution < -0.4 is 19.8 Å². The number of nitrogens with one attached hydrogen (secondary N) is 1. The highest BCUT2D eigenvalue weighted by Crippen LogP contribution is 2.55. The van der Waals surface area contributed by atoms with Crippen LogP contribution in [0.2, 0.25) is 0 Å². The third-order valence-electron chi connectivity index (χ3n) is 7.38.